The highest BCUT2D eigenvalue weighted by Gasteiger charge is 2.47. The summed E-state index contributed by atoms with van der Waals surface area (Å²) in [5.41, 5.74) is 7.11. The lowest BCUT2D eigenvalue weighted by Crippen LogP contribution is -2.34. The fourth-order valence-corrected chi connectivity index (χ4v) is 3.46. The Morgan fingerprint density at radius 3 is 2.33 bits per heavy atom. The van der Waals surface area contributed by atoms with Crippen LogP contribution in [-0.4, -0.2) is 35.2 Å². The van der Waals surface area contributed by atoms with E-state index in [1.165, 1.54) is 36.9 Å². The van der Waals surface area contributed by atoms with Gasteiger partial charge >= 0.3 is 6.09 Å². The van der Waals surface area contributed by atoms with Crippen molar-refractivity contribution >= 4 is 6.09 Å². The molecule has 1 aromatic carbocycles. The Labute approximate surface area is 146 Å². The maximum absolute atomic E-state index is 10.0. The van der Waals surface area contributed by atoms with E-state index < -0.39 is 11.7 Å². The van der Waals surface area contributed by atoms with Gasteiger partial charge in [-0.2, -0.15) is 0 Å². The Morgan fingerprint density at radius 1 is 1.33 bits per heavy atom. The predicted molar refractivity (Wildman–Crippen MR) is 98.0 cm³/mol. The number of carbonyl (C=O) groups is 1. The van der Waals surface area contributed by atoms with Crippen molar-refractivity contribution in [2.24, 2.45) is 11.7 Å². The molecule has 24 heavy (non-hydrogen) atoms. The molecule has 0 radical (unpaired) electrons. The number of hydrogen-bond acceptors (Lipinski definition) is 3. The summed E-state index contributed by atoms with van der Waals surface area (Å²) in [5.74, 6) is 1.06. The number of primary amides is 1. The molecule has 0 bridgehead atoms. The number of ether oxygens (including phenoxy) is 1. The zero-order valence-electron chi connectivity index (χ0n) is 15.7. The standard InChI is InChI=1S/C15H21N.C5H11NO2/c1-11-3-5-13(6-4-11)9-12(2)16-8-7-14-10-15(14)16;1-5(2,3)8-4(6)7/h3-6,12,14-15H,7-10H2,1-2H3;1-3H3,(H2,6,7). The van der Waals surface area contributed by atoms with Crippen molar-refractivity contribution in [3.05, 3.63) is 35.4 Å². The monoisotopic (exact) mass is 332 g/mol. The molecule has 4 nitrogen and oxygen atoms in total. The number of benzene rings is 1. The van der Waals surface area contributed by atoms with Gasteiger partial charge in [-0.3, -0.25) is 4.90 Å². The number of nitrogens with zero attached hydrogens (tertiary/aromatic N) is 1. The van der Waals surface area contributed by atoms with Gasteiger partial charge in [0.2, 0.25) is 0 Å². The van der Waals surface area contributed by atoms with Crippen LogP contribution in [0.5, 0.6) is 0 Å². The molecular weight excluding hydrogens is 300 g/mol. The van der Waals surface area contributed by atoms with Gasteiger partial charge in [-0.25, -0.2) is 4.79 Å². The zero-order valence-corrected chi connectivity index (χ0v) is 15.7. The second kappa shape index (κ2) is 7.56. The highest BCUT2D eigenvalue weighted by Crippen LogP contribution is 2.45. The zero-order chi connectivity index (χ0) is 17.9. The smallest absolute Gasteiger partial charge is 0.405 e. The summed E-state index contributed by atoms with van der Waals surface area (Å²) < 4.78 is 4.58. The van der Waals surface area contributed by atoms with Crippen LogP contribution in [-0.2, 0) is 11.2 Å². The van der Waals surface area contributed by atoms with Crippen molar-refractivity contribution in [1.29, 1.82) is 0 Å². The van der Waals surface area contributed by atoms with Crippen LogP contribution in [0.2, 0.25) is 0 Å². The molecule has 134 valence electrons. The summed E-state index contributed by atoms with van der Waals surface area (Å²) in [5, 5.41) is 0. The van der Waals surface area contributed by atoms with Crippen LogP contribution in [0.3, 0.4) is 0 Å². The van der Waals surface area contributed by atoms with Crippen LogP contribution in [0.15, 0.2) is 24.3 Å². The van der Waals surface area contributed by atoms with Crippen LogP contribution >= 0.6 is 0 Å². The lowest BCUT2D eigenvalue weighted by molar-refractivity contribution is 0.0600. The van der Waals surface area contributed by atoms with Gasteiger partial charge < -0.3 is 10.5 Å². The number of likely N-dealkylation sites (tertiary alicyclic amines) is 1. The van der Waals surface area contributed by atoms with E-state index in [1.54, 1.807) is 20.8 Å². The quantitative estimate of drug-likeness (QED) is 0.913. The molecular formula is C20H32N2O2. The summed E-state index contributed by atoms with van der Waals surface area (Å²) in [6, 6.07) is 10.7. The van der Waals surface area contributed by atoms with Gasteiger partial charge in [0.15, 0.2) is 0 Å². The van der Waals surface area contributed by atoms with E-state index in [1.807, 2.05) is 0 Å². The molecule has 0 spiro atoms. The summed E-state index contributed by atoms with van der Waals surface area (Å²) in [7, 11) is 0. The lowest BCUT2D eigenvalue weighted by atomic mass is 10.0. The molecule has 1 saturated heterocycles. The van der Waals surface area contributed by atoms with Crippen molar-refractivity contribution in [1.82, 2.24) is 4.90 Å². The SMILES string of the molecule is CC(C)(C)OC(N)=O.Cc1ccc(CC(C)N2CCC3CC32)cc1. The molecule has 0 aromatic heterocycles. The molecule has 1 aliphatic heterocycles. The van der Waals surface area contributed by atoms with Crippen LogP contribution in [0.1, 0.15) is 51.7 Å². The largest absolute Gasteiger partial charge is 0.444 e. The molecule has 1 saturated carbocycles. The highest BCUT2D eigenvalue weighted by molar-refractivity contribution is 5.65. The summed E-state index contributed by atoms with van der Waals surface area (Å²) in [6.07, 6.45) is 3.41. The predicted octanol–water partition coefficient (Wildman–Crippen LogP) is 3.90. The molecule has 2 aliphatic rings. The molecule has 3 unspecified atom stereocenters. The Hall–Kier alpha value is -1.55. The van der Waals surface area contributed by atoms with Crippen molar-refractivity contribution in [3.63, 3.8) is 0 Å². The molecule has 1 heterocycles. The summed E-state index contributed by atoms with van der Waals surface area (Å²) >= 11 is 0. The Balaban J connectivity index is 0.000000224. The third-order valence-corrected chi connectivity index (χ3v) is 4.69. The van der Waals surface area contributed by atoms with Gasteiger partial charge in [0.25, 0.3) is 0 Å². The minimum atomic E-state index is -0.725. The van der Waals surface area contributed by atoms with Crippen LogP contribution < -0.4 is 5.73 Å². The van der Waals surface area contributed by atoms with E-state index >= 15 is 0 Å². The fourth-order valence-electron chi connectivity index (χ4n) is 3.46. The van der Waals surface area contributed by atoms with Gasteiger partial charge in [-0.15, -0.1) is 0 Å². The van der Waals surface area contributed by atoms with Gasteiger partial charge in [-0.1, -0.05) is 29.8 Å². The van der Waals surface area contributed by atoms with Gasteiger partial charge in [-0.05, 0) is 71.9 Å². The van der Waals surface area contributed by atoms with Crippen LogP contribution in [0.25, 0.3) is 0 Å². The Bertz CT molecular complexity index is 548. The third-order valence-electron chi connectivity index (χ3n) is 4.69. The first-order chi connectivity index (χ1) is 11.2. The van der Waals surface area contributed by atoms with Crippen molar-refractivity contribution < 1.29 is 9.53 Å². The maximum atomic E-state index is 10.0. The Kier molecular flexibility index (Phi) is 5.92. The van der Waals surface area contributed by atoms with E-state index in [4.69, 9.17) is 5.73 Å². The normalized spacial score (nSPS) is 23.7. The minimum Gasteiger partial charge on any atom is -0.444 e. The first kappa shape index (κ1) is 18.8. The number of carbonyl (C=O) groups excluding carboxylic acids is 1. The second-order valence-corrected chi connectivity index (χ2v) is 8.16. The number of amides is 1. The maximum Gasteiger partial charge on any atom is 0.405 e. The van der Waals surface area contributed by atoms with Crippen molar-refractivity contribution in [3.8, 4) is 0 Å². The van der Waals surface area contributed by atoms with E-state index in [0.717, 1.165) is 18.0 Å². The van der Waals surface area contributed by atoms with E-state index in [0.29, 0.717) is 0 Å². The van der Waals surface area contributed by atoms with Gasteiger partial charge in [0.05, 0.1) is 0 Å². The number of aryl methyl sites for hydroxylation is 1. The van der Waals surface area contributed by atoms with E-state index in [2.05, 4.69) is 47.7 Å². The number of piperidine rings is 1. The minimum absolute atomic E-state index is 0.453. The highest BCUT2D eigenvalue weighted by atomic mass is 16.6. The van der Waals surface area contributed by atoms with E-state index in [-0.39, 0.29) is 0 Å². The van der Waals surface area contributed by atoms with Crippen molar-refractivity contribution in [2.45, 2.75) is 71.6 Å². The van der Waals surface area contributed by atoms with Crippen molar-refractivity contribution in [2.75, 3.05) is 6.54 Å². The van der Waals surface area contributed by atoms with E-state index in [9.17, 15) is 4.79 Å². The van der Waals surface area contributed by atoms with Gasteiger partial charge in [0, 0.05) is 12.1 Å². The first-order valence-corrected chi connectivity index (χ1v) is 8.95. The molecule has 1 amide bonds. The Morgan fingerprint density at radius 2 is 1.96 bits per heavy atom. The number of hydrogen-bond donors (Lipinski definition) is 1. The fraction of sp³-hybridized carbons (Fsp3) is 0.650. The molecule has 2 fully saturated rings. The lowest BCUT2D eigenvalue weighted by Gasteiger charge is -2.26. The number of fused-ring (bicyclic) bond motifs is 1. The third kappa shape index (κ3) is 5.82. The first-order valence-electron chi connectivity index (χ1n) is 8.95. The molecule has 1 aromatic rings. The van der Waals surface area contributed by atoms with Crippen LogP contribution in [0, 0.1) is 12.8 Å². The number of nitrogens with two attached hydrogens (primary N) is 1. The molecule has 3 atom stereocenters. The molecule has 2 N–H and O–H groups in total. The number of rotatable bonds is 3. The average Bonchev–Trinajstić information content (AvgIpc) is 3.10. The molecule has 3 rings (SSSR count). The molecule has 1 aliphatic carbocycles. The average molecular weight is 332 g/mol. The summed E-state index contributed by atoms with van der Waals surface area (Å²) in [6.45, 7) is 11.2. The second-order valence-electron chi connectivity index (χ2n) is 8.16. The topological polar surface area (TPSA) is 55.6 Å². The summed E-state index contributed by atoms with van der Waals surface area (Å²) in [4.78, 5) is 12.7. The van der Waals surface area contributed by atoms with Gasteiger partial charge in [0.1, 0.15) is 5.60 Å². The molecule has 4 heteroatoms. The van der Waals surface area contributed by atoms with Crippen LogP contribution in [0.4, 0.5) is 4.79 Å².